The number of rotatable bonds is 5. The minimum absolute atomic E-state index is 0.114. The predicted molar refractivity (Wildman–Crippen MR) is 69.4 cm³/mol. The maximum absolute atomic E-state index is 10.8. The summed E-state index contributed by atoms with van der Waals surface area (Å²) in [7, 11) is 0. The SMILES string of the molecule is CC1CCCC1CNCc1cccc(C(=O)O)n1. The number of carboxylic acid groups (broad SMARTS) is 1. The van der Waals surface area contributed by atoms with Crippen molar-refractivity contribution in [3.8, 4) is 0 Å². The zero-order valence-electron chi connectivity index (χ0n) is 10.7. The molecule has 1 aliphatic carbocycles. The van der Waals surface area contributed by atoms with Crippen LogP contribution in [0.15, 0.2) is 18.2 Å². The predicted octanol–water partition coefficient (Wildman–Crippen LogP) is 2.31. The Kier molecular flexibility index (Phi) is 4.31. The Morgan fingerprint density at radius 2 is 2.33 bits per heavy atom. The average molecular weight is 248 g/mol. The number of carboxylic acids is 1. The molecule has 2 rings (SSSR count). The van der Waals surface area contributed by atoms with Crippen LogP contribution in [-0.2, 0) is 6.54 Å². The second-order valence-corrected chi connectivity index (χ2v) is 5.12. The second-order valence-electron chi connectivity index (χ2n) is 5.12. The number of pyridine rings is 1. The van der Waals surface area contributed by atoms with Crippen LogP contribution < -0.4 is 5.32 Å². The third kappa shape index (κ3) is 3.29. The van der Waals surface area contributed by atoms with Gasteiger partial charge in [0.05, 0.1) is 5.69 Å². The number of carbonyl (C=O) groups is 1. The lowest BCUT2D eigenvalue weighted by Gasteiger charge is -2.15. The van der Waals surface area contributed by atoms with Crippen molar-refractivity contribution in [2.75, 3.05) is 6.54 Å². The fourth-order valence-electron chi connectivity index (χ4n) is 2.61. The molecule has 98 valence electrons. The lowest BCUT2D eigenvalue weighted by Crippen LogP contribution is -2.24. The molecule has 0 spiro atoms. The standard InChI is InChI=1S/C14H20N2O2/c1-10-4-2-5-11(10)8-15-9-12-6-3-7-13(16-12)14(17)18/h3,6-7,10-11,15H,2,4-5,8-9H2,1H3,(H,17,18). The van der Waals surface area contributed by atoms with Gasteiger partial charge in [-0.15, -0.1) is 0 Å². The second kappa shape index (κ2) is 5.96. The summed E-state index contributed by atoms with van der Waals surface area (Å²) >= 11 is 0. The molecule has 2 N–H and O–H groups in total. The zero-order valence-corrected chi connectivity index (χ0v) is 10.7. The van der Waals surface area contributed by atoms with E-state index in [9.17, 15) is 4.79 Å². The maximum Gasteiger partial charge on any atom is 0.354 e. The van der Waals surface area contributed by atoms with Crippen LogP contribution in [0.2, 0.25) is 0 Å². The van der Waals surface area contributed by atoms with Gasteiger partial charge in [-0.05, 0) is 36.9 Å². The summed E-state index contributed by atoms with van der Waals surface area (Å²) in [5.74, 6) is 0.588. The van der Waals surface area contributed by atoms with Crippen LogP contribution >= 0.6 is 0 Å². The van der Waals surface area contributed by atoms with Crippen LogP contribution in [0.3, 0.4) is 0 Å². The van der Waals surface area contributed by atoms with E-state index in [1.54, 1.807) is 6.07 Å². The molecular formula is C14H20N2O2. The molecule has 1 saturated carbocycles. The Balaban J connectivity index is 1.83. The van der Waals surface area contributed by atoms with Gasteiger partial charge in [-0.3, -0.25) is 0 Å². The van der Waals surface area contributed by atoms with E-state index in [1.807, 2.05) is 6.07 Å². The number of aromatic nitrogens is 1. The van der Waals surface area contributed by atoms with Crippen molar-refractivity contribution in [1.29, 1.82) is 0 Å². The number of hydrogen-bond acceptors (Lipinski definition) is 3. The summed E-state index contributed by atoms with van der Waals surface area (Å²) in [5, 5.41) is 12.2. The van der Waals surface area contributed by atoms with Crippen molar-refractivity contribution in [1.82, 2.24) is 10.3 Å². The molecule has 2 unspecified atom stereocenters. The first-order chi connectivity index (χ1) is 8.66. The minimum Gasteiger partial charge on any atom is -0.477 e. The van der Waals surface area contributed by atoms with Crippen molar-refractivity contribution in [2.24, 2.45) is 11.8 Å². The van der Waals surface area contributed by atoms with Crippen LogP contribution in [0.4, 0.5) is 0 Å². The molecule has 1 heterocycles. The average Bonchev–Trinajstić information content (AvgIpc) is 2.76. The molecule has 1 aromatic rings. The van der Waals surface area contributed by atoms with Crippen LogP contribution in [0.25, 0.3) is 0 Å². The van der Waals surface area contributed by atoms with E-state index in [4.69, 9.17) is 5.11 Å². The molecule has 0 saturated heterocycles. The Morgan fingerprint density at radius 3 is 3.00 bits per heavy atom. The van der Waals surface area contributed by atoms with Crippen molar-refractivity contribution in [2.45, 2.75) is 32.7 Å². The van der Waals surface area contributed by atoms with E-state index in [-0.39, 0.29) is 5.69 Å². The van der Waals surface area contributed by atoms with E-state index < -0.39 is 5.97 Å². The molecule has 4 nitrogen and oxygen atoms in total. The fourth-order valence-corrected chi connectivity index (χ4v) is 2.61. The van der Waals surface area contributed by atoms with Gasteiger partial charge in [-0.2, -0.15) is 0 Å². The quantitative estimate of drug-likeness (QED) is 0.839. The molecule has 2 atom stereocenters. The smallest absolute Gasteiger partial charge is 0.354 e. The molecule has 0 aromatic carbocycles. The van der Waals surface area contributed by atoms with Crippen molar-refractivity contribution < 1.29 is 9.90 Å². The minimum atomic E-state index is -0.971. The van der Waals surface area contributed by atoms with Gasteiger partial charge in [-0.1, -0.05) is 25.8 Å². The topological polar surface area (TPSA) is 62.2 Å². The Morgan fingerprint density at radius 1 is 1.50 bits per heavy atom. The van der Waals surface area contributed by atoms with Gasteiger partial charge >= 0.3 is 5.97 Å². The third-order valence-corrected chi connectivity index (χ3v) is 3.78. The highest BCUT2D eigenvalue weighted by molar-refractivity contribution is 5.85. The van der Waals surface area contributed by atoms with Crippen molar-refractivity contribution >= 4 is 5.97 Å². The summed E-state index contributed by atoms with van der Waals surface area (Å²) in [6.45, 7) is 3.95. The summed E-state index contributed by atoms with van der Waals surface area (Å²) in [6, 6.07) is 5.12. The number of aromatic carboxylic acids is 1. The molecular weight excluding hydrogens is 228 g/mol. The molecule has 0 amide bonds. The monoisotopic (exact) mass is 248 g/mol. The van der Waals surface area contributed by atoms with E-state index in [2.05, 4.69) is 17.2 Å². The van der Waals surface area contributed by atoms with Gasteiger partial charge in [0.15, 0.2) is 0 Å². The molecule has 0 radical (unpaired) electrons. The highest BCUT2D eigenvalue weighted by Crippen LogP contribution is 2.30. The number of nitrogens with one attached hydrogen (secondary N) is 1. The molecule has 0 aliphatic heterocycles. The van der Waals surface area contributed by atoms with Crippen molar-refractivity contribution in [3.05, 3.63) is 29.6 Å². The fraction of sp³-hybridized carbons (Fsp3) is 0.571. The van der Waals surface area contributed by atoms with Crippen LogP contribution in [0, 0.1) is 11.8 Å². The largest absolute Gasteiger partial charge is 0.477 e. The number of hydrogen-bond donors (Lipinski definition) is 2. The van der Waals surface area contributed by atoms with Crippen LogP contribution in [0.5, 0.6) is 0 Å². The van der Waals surface area contributed by atoms with Gasteiger partial charge < -0.3 is 10.4 Å². The van der Waals surface area contributed by atoms with Gasteiger partial charge in [0.1, 0.15) is 5.69 Å². The van der Waals surface area contributed by atoms with Gasteiger partial charge in [-0.25, -0.2) is 9.78 Å². The first-order valence-corrected chi connectivity index (χ1v) is 6.57. The van der Waals surface area contributed by atoms with Gasteiger partial charge in [0.25, 0.3) is 0 Å². The Hall–Kier alpha value is -1.42. The molecule has 1 fully saturated rings. The van der Waals surface area contributed by atoms with E-state index in [0.29, 0.717) is 6.54 Å². The molecule has 18 heavy (non-hydrogen) atoms. The lowest BCUT2D eigenvalue weighted by molar-refractivity contribution is 0.0690. The summed E-state index contributed by atoms with van der Waals surface area (Å²) in [6.07, 6.45) is 3.97. The van der Waals surface area contributed by atoms with Crippen molar-refractivity contribution in [3.63, 3.8) is 0 Å². The molecule has 1 aliphatic rings. The third-order valence-electron chi connectivity index (χ3n) is 3.78. The summed E-state index contributed by atoms with van der Waals surface area (Å²) in [4.78, 5) is 14.9. The lowest BCUT2D eigenvalue weighted by atomic mass is 9.98. The first-order valence-electron chi connectivity index (χ1n) is 6.57. The maximum atomic E-state index is 10.8. The summed E-state index contributed by atoms with van der Waals surface area (Å²) in [5.41, 5.74) is 0.907. The van der Waals surface area contributed by atoms with Gasteiger partial charge in [0, 0.05) is 6.54 Å². The molecule has 0 bridgehead atoms. The highest BCUT2D eigenvalue weighted by Gasteiger charge is 2.22. The number of nitrogens with zero attached hydrogens (tertiary/aromatic N) is 1. The van der Waals surface area contributed by atoms with E-state index >= 15 is 0 Å². The van der Waals surface area contributed by atoms with Gasteiger partial charge in [0.2, 0.25) is 0 Å². The van der Waals surface area contributed by atoms with Crippen LogP contribution in [0.1, 0.15) is 42.4 Å². The van der Waals surface area contributed by atoms with E-state index in [0.717, 1.165) is 24.1 Å². The van der Waals surface area contributed by atoms with E-state index in [1.165, 1.54) is 25.3 Å². The Bertz CT molecular complexity index is 420. The summed E-state index contributed by atoms with van der Waals surface area (Å²) < 4.78 is 0. The molecule has 4 heteroatoms. The zero-order chi connectivity index (χ0) is 13.0. The first kappa shape index (κ1) is 13.0. The normalized spacial score (nSPS) is 23.2. The molecule has 1 aromatic heterocycles. The highest BCUT2D eigenvalue weighted by atomic mass is 16.4. The van der Waals surface area contributed by atoms with Crippen LogP contribution in [-0.4, -0.2) is 22.6 Å². The Labute approximate surface area is 107 Å².